The number of likely N-dealkylation sites (tertiary alicyclic amines) is 1. The summed E-state index contributed by atoms with van der Waals surface area (Å²) in [6.07, 6.45) is 1.08. The molecule has 1 aliphatic rings. The molecule has 1 heterocycles. The first kappa shape index (κ1) is 16.0. The number of anilines is 1. The highest BCUT2D eigenvalue weighted by Gasteiger charge is 2.33. The van der Waals surface area contributed by atoms with Crippen molar-refractivity contribution in [3.05, 3.63) is 28.7 Å². The molecule has 6 heteroatoms. The van der Waals surface area contributed by atoms with Gasteiger partial charge in [0.25, 0.3) is 0 Å². The van der Waals surface area contributed by atoms with Crippen LogP contribution in [0.25, 0.3) is 0 Å². The van der Waals surface area contributed by atoms with E-state index >= 15 is 0 Å². The number of benzene rings is 1. The van der Waals surface area contributed by atoms with E-state index in [-0.39, 0.29) is 24.2 Å². The lowest BCUT2D eigenvalue weighted by molar-refractivity contribution is -0.128. The maximum absolute atomic E-state index is 12.2. The van der Waals surface area contributed by atoms with Gasteiger partial charge in [0.1, 0.15) is 0 Å². The van der Waals surface area contributed by atoms with Gasteiger partial charge in [-0.15, -0.1) is 0 Å². The van der Waals surface area contributed by atoms with E-state index in [0.717, 1.165) is 16.6 Å². The molecule has 0 aliphatic carbocycles. The summed E-state index contributed by atoms with van der Waals surface area (Å²) in [7, 11) is 1.64. The number of methoxy groups -OCH3 is 1. The topological polar surface area (TPSA) is 58.6 Å². The molecule has 0 aromatic heterocycles. The van der Waals surface area contributed by atoms with Crippen LogP contribution < -0.4 is 5.32 Å². The SMILES string of the molecule is COCCCN1C[C@@H](C(=O)Nc2cccc(Br)c2)CC1=O. The summed E-state index contributed by atoms with van der Waals surface area (Å²) in [5.41, 5.74) is 0.736. The third kappa shape index (κ3) is 4.54. The first-order valence-corrected chi connectivity index (χ1v) is 7.72. The lowest BCUT2D eigenvalue weighted by Gasteiger charge is -2.16. The Kier molecular flexibility index (Phi) is 5.76. The van der Waals surface area contributed by atoms with Crippen LogP contribution in [0, 0.1) is 5.92 Å². The van der Waals surface area contributed by atoms with Crippen molar-refractivity contribution >= 4 is 33.4 Å². The van der Waals surface area contributed by atoms with Crippen molar-refractivity contribution in [3.8, 4) is 0 Å². The molecule has 0 spiro atoms. The van der Waals surface area contributed by atoms with E-state index in [1.807, 2.05) is 24.3 Å². The summed E-state index contributed by atoms with van der Waals surface area (Å²) in [5.74, 6) is -0.338. The van der Waals surface area contributed by atoms with Crippen LogP contribution >= 0.6 is 15.9 Å². The number of halogens is 1. The number of hydrogen-bond acceptors (Lipinski definition) is 3. The highest BCUT2D eigenvalue weighted by molar-refractivity contribution is 9.10. The monoisotopic (exact) mass is 354 g/mol. The van der Waals surface area contributed by atoms with E-state index in [1.165, 1.54) is 0 Å². The lowest BCUT2D eigenvalue weighted by atomic mass is 10.1. The largest absolute Gasteiger partial charge is 0.385 e. The molecule has 21 heavy (non-hydrogen) atoms. The molecule has 0 unspecified atom stereocenters. The number of nitrogens with one attached hydrogen (secondary N) is 1. The van der Waals surface area contributed by atoms with Crippen molar-refractivity contribution in [3.63, 3.8) is 0 Å². The Morgan fingerprint density at radius 2 is 2.33 bits per heavy atom. The molecule has 1 N–H and O–H groups in total. The number of carbonyl (C=O) groups excluding carboxylic acids is 2. The molecular weight excluding hydrogens is 336 g/mol. The lowest BCUT2D eigenvalue weighted by Crippen LogP contribution is -2.29. The molecule has 2 amide bonds. The van der Waals surface area contributed by atoms with Crippen LogP contribution in [0.3, 0.4) is 0 Å². The van der Waals surface area contributed by atoms with Crippen molar-refractivity contribution in [1.82, 2.24) is 4.90 Å². The van der Waals surface area contributed by atoms with E-state index in [0.29, 0.717) is 19.7 Å². The molecule has 114 valence electrons. The zero-order valence-corrected chi connectivity index (χ0v) is 13.6. The van der Waals surface area contributed by atoms with Gasteiger partial charge in [-0.1, -0.05) is 22.0 Å². The van der Waals surface area contributed by atoms with Gasteiger partial charge in [-0.05, 0) is 24.6 Å². The summed E-state index contributed by atoms with van der Waals surface area (Å²) in [6.45, 7) is 1.76. The normalized spacial score (nSPS) is 18.1. The van der Waals surface area contributed by atoms with Crippen molar-refractivity contribution in [2.75, 3.05) is 32.1 Å². The third-order valence-corrected chi connectivity index (χ3v) is 3.95. The first-order valence-electron chi connectivity index (χ1n) is 6.93. The highest BCUT2D eigenvalue weighted by Crippen LogP contribution is 2.21. The standard InChI is InChI=1S/C15H19BrN2O3/c1-21-7-3-6-18-10-11(8-14(18)19)15(20)17-13-5-2-4-12(16)9-13/h2,4-5,9,11H,3,6-8,10H2,1H3,(H,17,20)/t11-/m0/s1. The van der Waals surface area contributed by atoms with Gasteiger partial charge in [0, 0.05) is 43.4 Å². The van der Waals surface area contributed by atoms with E-state index in [1.54, 1.807) is 12.0 Å². The van der Waals surface area contributed by atoms with Crippen molar-refractivity contribution in [1.29, 1.82) is 0 Å². The fraction of sp³-hybridized carbons (Fsp3) is 0.467. The zero-order chi connectivity index (χ0) is 15.2. The molecule has 0 saturated carbocycles. The number of rotatable bonds is 6. The predicted molar refractivity (Wildman–Crippen MR) is 84.0 cm³/mol. The molecule has 5 nitrogen and oxygen atoms in total. The second-order valence-corrected chi connectivity index (χ2v) is 6.00. The third-order valence-electron chi connectivity index (χ3n) is 3.45. The molecule has 1 aromatic rings. The molecule has 0 bridgehead atoms. The number of nitrogens with zero attached hydrogens (tertiary/aromatic N) is 1. The van der Waals surface area contributed by atoms with E-state index in [4.69, 9.17) is 4.74 Å². The number of carbonyl (C=O) groups is 2. The van der Waals surface area contributed by atoms with Crippen molar-refractivity contribution in [2.24, 2.45) is 5.92 Å². The summed E-state index contributed by atoms with van der Waals surface area (Å²) in [4.78, 5) is 25.8. The van der Waals surface area contributed by atoms with Gasteiger partial charge >= 0.3 is 0 Å². The van der Waals surface area contributed by atoms with Gasteiger partial charge in [-0.3, -0.25) is 9.59 Å². The molecule has 1 aliphatic heterocycles. The summed E-state index contributed by atoms with van der Waals surface area (Å²) in [6, 6.07) is 7.42. The van der Waals surface area contributed by atoms with Crippen LogP contribution in [-0.4, -0.2) is 43.5 Å². The summed E-state index contributed by atoms with van der Waals surface area (Å²) in [5, 5.41) is 2.86. The maximum Gasteiger partial charge on any atom is 0.229 e. The quantitative estimate of drug-likeness (QED) is 0.797. The Morgan fingerprint density at radius 3 is 3.05 bits per heavy atom. The summed E-state index contributed by atoms with van der Waals surface area (Å²) < 4.78 is 5.89. The molecule has 1 saturated heterocycles. The first-order chi connectivity index (χ1) is 10.1. The van der Waals surface area contributed by atoms with Gasteiger partial charge in [-0.25, -0.2) is 0 Å². The van der Waals surface area contributed by atoms with Gasteiger partial charge in [-0.2, -0.15) is 0 Å². The average Bonchev–Trinajstić information content (AvgIpc) is 2.81. The predicted octanol–water partition coefficient (Wildman–Crippen LogP) is 2.27. The Balaban J connectivity index is 1.88. The Labute approximate surface area is 132 Å². The molecule has 1 fully saturated rings. The highest BCUT2D eigenvalue weighted by atomic mass is 79.9. The smallest absolute Gasteiger partial charge is 0.229 e. The fourth-order valence-corrected chi connectivity index (χ4v) is 2.77. The Morgan fingerprint density at radius 1 is 1.52 bits per heavy atom. The van der Waals surface area contributed by atoms with Gasteiger partial charge < -0.3 is 15.0 Å². The summed E-state index contributed by atoms with van der Waals surface area (Å²) >= 11 is 3.36. The number of amides is 2. The number of hydrogen-bond donors (Lipinski definition) is 1. The van der Waals surface area contributed by atoms with E-state index in [9.17, 15) is 9.59 Å². The molecule has 1 atom stereocenters. The van der Waals surface area contributed by atoms with Crippen molar-refractivity contribution in [2.45, 2.75) is 12.8 Å². The van der Waals surface area contributed by atoms with Gasteiger partial charge in [0.05, 0.1) is 5.92 Å². The fourth-order valence-electron chi connectivity index (χ4n) is 2.37. The minimum Gasteiger partial charge on any atom is -0.385 e. The van der Waals surface area contributed by atoms with Gasteiger partial charge in [0.15, 0.2) is 0 Å². The van der Waals surface area contributed by atoms with Crippen LogP contribution in [-0.2, 0) is 14.3 Å². The molecule has 1 aromatic carbocycles. The minimum absolute atomic E-state index is 0.0421. The van der Waals surface area contributed by atoms with E-state index in [2.05, 4.69) is 21.2 Å². The second-order valence-electron chi connectivity index (χ2n) is 5.09. The Hall–Kier alpha value is -1.40. The molecular formula is C15H19BrN2O3. The van der Waals surface area contributed by atoms with Crippen molar-refractivity contribution < 1.29 is 14.3 Å². The van der Waals surface area contributed by atoms with Crippen LogP contribution in [0.5, 0.6) is 0 Å². The van der Waals surface area contributed by atoms with Gasteiger partial charge in [0.2, 0.25) is 11.8 Å². The minimum atomic E-state index is -0.279. The average molecular weight is 355 g/mol. The molecule has 0 radical (unpaired) electrons. The van der Waals surface area contributed by atoms with Crippen LogP contribution in [0.1, 0.15) is 12.8 Å². The number of ether oxygens (including phenoxy) is 1. The van der Waals surface area contributed by atoms with Crippen LogP contribution in [0.2, 0.25) is 0 Å². The second kappa shape index (κ2) is 7.56. The van der Waals surface area contributed by atoms with E-state index < -0.39 is 0 Å². The zero-order valence-electron chi connectivity index (χ0n) is 12.0. The Bertz CT molecular complexity index is 521. The maximum atomic E-state index is 12.2. The molecule has 2 rings (SSSR count). The van der Waals surface area contributed by atoms with Crippen LogP contribution in [0.15, 0.2) is 28.7 Å². The van der Waals surface area contributed by atoms with Crippen LogP contribution in [0.4, 0.5) is 5.69 Å².